The van der Waals surface area contributed by atoms with Crippen LogP contribution < -0.4 is 10.1 Å². The smallest absolute Gasteiger partial charge is 0.339 e. The second-order valence-electron chi connectivity index (χ2n) is 8.18. The summed E-state index contributed by atoms with van der Waals surface area (Å²) in [5.74, 6) is 0.219. The second kappa shape index (κ2) is 12.3. The number of carbonyl (C=O) groups excluding carboxylic acids is 2. The van der Waals surface area contributed by atoms with Crippen molar-refractivity contribution in [2.45, 2.75) is 58.2 Å². The van der Waals surface area contributed by atoms with Gasteiger partial charge in [-0.25, -0.2) is 9.78 Å². The van der Waals surface area contributed by atoms with Crippen molar-refractivity contribution in [3.63, 3.8) is 0 Å². The summed E-state index contributed by atoms with van der Waals surface area (Å²) >= 11 is 7.69. The van der Waals surface area contributed by atoms with Gasteiger partial charge in [0.05, 0.1) is 18.8 Å². The Hall–Kier alpha value is -2.52. The molecule has 0 spiro atoms. The van der Waals surface area contributed by atoms with Gasteiger partial charge in [0.1, 0.15) is 5.82 Å². The topological polar surface area (TPSA) is 93.5 Å². The molecule has 2 heterocycles. The fourth-order valence-electron chi connectivity index (χ4n) is 3.63. The highest BCUT2D eigenvalue weighted by Crippen LogP contribution is 2.23. The lowest BCUT2D eigenvalue weighted by Gasteiger charge is -2.22. The molecule has 0 fully saturated rings. The number of nitrogens with zero attached hydrogens (tertiary/aromatic N) is 2. The molecule has 34 heavy (non-hydrogen) atoms. The zero-order valence-corrected chi connectivity index (χ0v) is 21.0. The first-order valence-corrected chi connectivity index (χ1v) is 12.6. The average Bonchev–Trinajstić information content (AvgIpc) is 3.47. The van der Waals surface area contributed by atoms with Gasteiger partial charge in [0.25, 0.3) is 0 Å². The molecule has 0 aliphatic carbocycles. The Labute approximate surface area is 208 Å². The molecular formula is C25H30ClN3O4S. The molecule has 2 N–H and O–H groups in total. The molecule has 0 unspecified atom stereocenters. The van der Waals surface area contributed by atoms with E-state index >= 15 is 0 Å². The van der Waals surface area contributed by atoms with Crippen LogP contribution in [0.25, 0.3) is 0 Å². The third-order valence-corrected chi connectivity index (χ3v) is 6.74. The summed E-state index contributed by atoms with van der Waals surface area (Å²) < 4.78 is 7.43. The molecule has 0 aliphatic rings. The number of unbranched alkanes of at least 4 members (excludes halogenated alkanes) is 1. The van der Waals surface area contributed by atoms with Crippen LogP contribution in [-0.2, 0) is 35.6 Å². The van der Waals surface area contributed by atoms with Gasteiger partial charge < -0.3 is 19.2 Å². The maximum Gasteiger partial charge on any atom is 0.339 e. The number of carbonyl (C=O) groups is 2. The number of aliphatic hydroxyl groups is 1. The van der Waals surface area contributed by atoms with E-state index in [1.165, 1.54) is 18.3 Å². The Kier molecular flexibility index (Phi) is 9.41. The molecule has 3 rings (SSSR count). The maximum absolute atomic E-state index is 12.6. The van der Waals surface area contributed by atoms with Gasteiger partial charge in [-0.3, -0.25) is 5.32 Å². The normalized spacial score (nSPS) is 12.9. The number of esters is 1. The molecule has 1 aromatic carbocycles. The lowest BCUT2D eigenvalue weighted by Crippen LogP contribution is -2.53. The van der Waals surface area contributed by atoms with Crippen molar-refractivity contribution in [1.29, 1.82) is 0 Å². The summed E-state index contributed by atoms with van der Waals surface area (Å²) in [6.45, 7) is 4.25. The minimum Gasteiger partial charge on any atom is -0.414 e. The van der Waals surface area contributed by atoms with Gasteiger partial charge in [-0.2, -0.15) is 0 Å². The molecule has 1 atom stereocenters. The summed E-state index contributed by atoms with van der Waals surface area (Å²) in [6.07, 6.45) is 3.79. The molecule has 9 heteroatoms. The van der Waals surface area contributed by atoms with E-state index in [2.05, 4.69) is 16.8 Å². The van der Waals surface area contributed by atoms with Crippen LogP contribution in [0.4, 0.5) is 0 Å². The average molecular weight is 504 g/mol. The van der Waals surface area contributed by atoms with E-state index in [4.69, 9.17) is 21.3 Å². The summed E-state index contributed by atoms with van der Waals surface area (Å²) in [4.78, 5) is 29.1. The highest BCUT2D eigenvalue weighted by Gasteiger charge is 2.35. The largest absolute Gasteiger partial charge is 0.414 e. The van der Waals surface area contributed by atoms with E-state index in [-0.39, 0.29) is 6.61 Å². The molecule has 2 aromatic heterocycles. The molecule has 0 radical (unpaired) electrons. The summed E-state index contributed by atoms with van der Waals surface area (Å²) in [6, 6.07) is 11.1. The number of benzene rings is 1. The van der Waals surface area contributed by atoms with Gasteiger partial charge in [0, 0.05) is 30.1 Å². The molecule has 0 saturated heterocycles. The quantitative estimate of drug-likeness (QED) is 0.206. The van der Waals surface area contributed by atoms with E-state index in [9.17, 15) is 14.7 Å². The van der Waals surface area contributed by atoms with Crippen molar-refractivity contribution in [3.05, 3.63) is 69.6 Å². The molecule has 0 bridgehead atoms. The number of aromatic nitrogens is 2. The molecule has 0 aliphatic heterocycles. The Balaban J connectivity index is 1.80. The van der Waals surface area contributed by atoms with Crippen molar-refractivity contribution in [1.82, 2.24) is 14.9 Å². The number of rotatable bonds is 13. The summed E-state index contributed by atoms with van der Waals surface area (Å²) in [5, 5.41) is 15.9. The maximum atomic E-state index is 12.6. The minimum absolute atomic E-state index is 0.199. The first kappa shape index (κ1) is 26.1. The van der Waals surface area contributed by atoms with Crippen molar-refractivity contribution in [2.24, 2.45) is 0 Å². The van der Waals surface area contributed by atoms with E-state index in [0.717, 1.165) is 36.3 Å². The van der Waals surface area contributed by atoms with Gasteiger partial charge in [0.2, 0.25) is 0 Å². The Bertz CT molecular complexity index is 1100. The zero-order chi connectivity index (χ0) is 24.6. The van der Waals surface area contributed by atoms with Crippen molar-refractivity contribution >= 4 is 35.2 Å². The van der Waals surface area contributed by atoms with Gasteiger partial charge in [0.15, 0.2) is 16.9 Å². The van der Waals surface area contributed by atoms with Crippen LogP contribution in [0.2, 0.25) is 5.02 Å². The van der Waals surface area contributed by atoms with Gasteiger partial charge >= 0.3 is 5.97 Å². The highest BCUT2D eigenvalue weighted by molar-refractivity contribution is 7.11. The first-order valence-electron chi connectivity index (χ1n) is 11.3. The standard InChI is InChI=1S/C25H30ClN3O4S/c1-3-4-10-22-28-20(16-30)21(29(22)15-18-8-5-6-9-19(18)26)12-13-27-25(2,17-31)24(32)33-23-11-7-14-34-23/h5-9,11,14,17,27,30H,3-4,10,12-13,15-16H2,1-2H3/t25-/m1/s1. The molecule has 0 saturated carbocycles. The Morgan fingerprint density at radius 3 is 2.74 bits per heavy atom. The zero-order valence-electron chi connectivity index (χ0n) is 19.4. The summed E-state index contributed by atoms with van der Waals surface area (Å²) in [7, 11) is 0. The van der Waals surface area contributed by atoms with Crippen molar-refractivity contribution < 1.29 is 19.4 Å². The monoisotopic (exact) mass is 503 g/mol. The Morgan fingerprint density at radius 2 is 2.09 bits per heavy atom. The van der Waals surface area contributed by atoms with Crippen molar-refractivity contribution in [2.75, 3.05) is 6.54 Å². The lowest BCUT2D eigenvalue weighted by molar-refractivity contribution is -0.143. The number of aldehydes is 1. The number of ether oxygens (including phenoxy) is 1. The van der Waals surface area contributed by atoms with E-state index in [1.54, 1.807) is 17.5 Å². The van der Waals surface area contributed by atoms with Gasteiger partial charge in [-0.15, -0.1) is 11.3 Å². The molecular weight excluding hydrogens is 474 g/mol. The van der Waals surface area contributed by atoms with Gasteiger partial charge in [-0.1, -0.05) is 43.1 Å². The number of thiophene rings is 1. The number of hydrogen-bond acceptors (Lipinski definition) is 7. The van der Waals surface area contributed by atoms with Crippen molar-refractivity contribution in [3.8, 4) is 5.06 Å². The number of imidazole rings is 1. The number of aryl methyl sites for hydroxylation is 1. The van der Waals surface area contributed by atoms with E-state index in [1.807, 2.05) is 24.3 Å². The molecule has 7 nitrogen and oxygen atoms in total. The van der Waals surface area contributed by atoms with E-state index in [0.29, 0.717) is 41.6 Å². The van der Waals surface area contributed by atoms with Crippen LogP contribution >= 0.6 is 22.9 Å². The third-order valence-electron chi connectivity index (χ3n) is 5.63. The number of halogens is 1. The van der Waals surface area contributed by atoms with Crippen LogP contribution in [0, 0.1) is 0 Å². The van der Waals surface area contributed by atoms with Crippen LogP contribution in [0.1, 0.15) is 49.5 Å². The van der Waals surface area contributed by atoms with Gasteiger partial charge in [-0.05, 0) is 42.5 Å². The third kappa shape index (κ3) is 6.33. The second-order valence-corrected chi connectivity index (χ2v) is 9.50. The van der Waals surface area contributed by atoms with Crippen LogP contribution in [-0.4, -0.2) is 39.0 Å². The number of aliphatic hydroxyl groups excluding tert-OH is 1. The van der Waals surface area contributed by atoms with E-state index < -0.39 is 11.5 Å². The van der Waals surface area contributed by atoms with Crippen LogP contribution in [0.15, 0.2) is 41.8 Å². The molecule has 3 aromatic rings. The SMILES string of the molecule is CCCCc1nc(CO)c(CCN[C@](C)(C=O)C(=O)Oc2cccs2)n1Cc1ccccc1Cl. The minimum atomic E-state index is -1.50. The number of nitrogens with one attached hydrogen (secondary N) is 1. The predicted molar refractivity (Wildman–Crippen MR) is 133 cm³/mol. The highest BCUT2D eigenvalue weighted by atomic mass is 35.5. The Morgan fingerprint density at radius 1 is 1.29 bits per heavy atom. The lowest BCUT2D eigenvalue weighted by atomic mass is 10.0. The van der Waals surface area contributed by atoms with Crippen LogP contribution in [0.5, 0.6) is 5.06 Å². The number of hydrogen-bond donors (Lipinski definition) is 2. The summed E-state index contributed by atoms with van der Waals surface area (Å²) in [5.41, 5.74) is 0.896. The molecule has 0 amide bonds. The first-order chi connectivity index (χ1) is 16.4. The fraction of sp³-hybridized carbons (Fsp3) is 0.400. The van der Waals surface area contributed by atoms with Crippen LogP contribution in [0.3, 0.4) is 0 Å². The predicted octanol–water partition coefficient (Wildman–Crippen LogP) is 4.18. The fourth-order valence-corrected chi connectivity index (χ4v) is 4.40. The molecule has 182 valence electrons.